The van der Waals surface area contributed by atoms with E-state index in [1.54, 1.807) is 40.9 Å². The van der Waals surface area contributed by atoms with Crippen LogP contribution in [0, 0.1) is 5.82 Å². The minimum Gasteiger partial charge on any atom is -0.351 e. The van der Waals surface area contributed by atoms with Crippen LogP contribution in [-0.2, 0) is 22.7 Å². The second-order valence-corrected chi connectivity index (χ2v) is 9.99. The van der Waals surface area contributed by atoms with Crippen LogP contribution in [0.2, 0.25) is 0 Å². The SMILES string of the molecule is CC(=O)Nc1c2n(c3ccc(F)cc13)CC(C)(C(=O)NC1CCCCC1)N(Cc1cccnc1)C2=O. The van der Waals surface area contributed by atoms with Crippen LogP contribution in [0.4, 0.5) is 10.1 Å². The van der Waals surface area contributed by atoms with Crippen LogP contribution in [0.25, 0.3) is 10.9 Å². The van der Waals surface area contributed by atoms with Gasteiger partial charge in [-0.3, -0.25) is 19.4 Å². The molecule has 1 aliphatic heterocycles. The molecule has 2 aromatic heterocycles. The molecule has 3 amide bonds. The lowest BCUT2D eigenvalue weighted by Gasteiger charge is -2.45. The highest BCUT2D eigenvalue weighted by atomic mass is 19.1. The summed E-state index contributed by atoms with van der Waals surface area (Å²) >= 11 is 0. The summed E-state index contributed by atoms with van der Waals surface area (Å²) in [5.41, 5.74) is 0.636. The van der Waals surface area contributed by atoms with E-state index in [-0.39, 0.29) is 42.3 Å². The van der Waals surface area contributed by atoms with Crippen molar-refractivity contribution in [2.45, 2.75) is 70.6 Å². The van der Waals surface area contributed by atoms with Gasteiger partial charge in [0.25, 0.3) is 5.91 Å². The summed E-state index contributed by atoms with van der Waals surface area (Å²) in [4.78, 5) is 45.8. The Bertz CT molecular complexity index is 1330. The number of halogens is 1. The predicted molar refractivity (Wildman–Crippen MR) is 134 cm³/mol. The first-order valence-electron chi connectivity index (χ1n) is 12.4. The van der Waals surface area contributed by atoms with Gasteiger partial charge in [0.1, 0.15) is 17.1 Å². The lowest BCUT2D eigenvalue weighted by Crippen LogP contribution is -2.64. The predicted octanol–water partition coefficient (Wildman–Crippen LogP) is 4.00. The molecule has 3 aromatic rings. The molecule has 9 heteroatoms. The average Bonchev–Trinajstić information content (AvgIpc) is 3.14. The van der Waals surface area contributed by atoms with Crippen LogP contribution in [0.15, 0.2) is 42.7 Å². The van der Waals surface area contributed by atoms with Crippen LogP contribution < -0.4 is 10.6 Å². The average molecular weight is 492 g/mol. The monoisotopic (exact) mass is 491 g/mol. The van der Waals surface area contributed by atoms with Crippen molar-refractivity contribution in [1.82, 2.24) is 19.8 Å². The van der Waals surface area contributed by atoms with Crippen LogP contribution in [0.5, 0.6) is 0 Å². The molecule has 2 aliphatic rings. The number of carbonyl (C=O) groups excluding carboxylic acids is 3. The molecule has 0 saturated heterocycles. The van der Waals surface area contributed by atoms with Gasteiger partial charge in [-0.05, 0) is 49.6 Å². The zero-order chi connectivity index (χ0) is 25.4. The highest BCUT2D eigenvalue weighted by Gasteiger charge is 2.49. The van der Waals surface area contributed by atoms with Gasteiger partial charge < -0.3 is 20.1 Å². The summed E-state index contributed by atoms with van der Waals surface area (Å²) in [5, 5.41) is 6.36. The molecule has 2 N–H and O–H groups in total. The number of aromatic nitrogens is 2. The number of fused-ring (bicyclic) bond motifs is 3. The van der Waals surface area contributed by atoms with Gasteiger partial charge in [0.05, 0.1) is 17.7 Å². The second kappa shape index (κ2) is 9.37. The molecule has 1 aromatic carbocycles. The molecule has 1 atom stereocenters. The highest BCUT2D eigenvalue weighted by Crippen LogP contribution is 2.39. The van der Waals surface area contributed by atoms with Crippen LogP contribution >= 0.6 is 0 Å². The Morgan fingerprint density at radius 2 is 1.97 bits per heavy atom. The summed E-state index contributed by atoms with van der Waals surface area (Å²) in [6.45, 7) is 3.44. The van der Waals surface area contributed by atoms with Crippen molar-refractivity contribution in [2.24, 2.45) is 0 Å². The number of nitrogens with one attached hydrogen (secondary N) is 2. The first-order chi connectivity index (χ1) is 17.3. The maximum Gasteiger partial charge on any atom is 0.273 e. The Balaban J connectivity index is 1.64. The van der Waals surface area contributed by atoms with Crippen molar-refractivity contribution in [3.05, 3.63) is 59.8 Å². The van der Waals surface area contributed by atoms with Gasteiger partial charge in [-0.2, -0.15) is 0 Å². The Morgan fingerprint density at radius 1 is 1.19 bits per heavy atom. The van der Waals surface area contributed by atoms with Gasteiger partial charge in [-0.25, -0.2) is 4.39 Å². The molecule has 3 heterocycles. The van der Waals surface area contributed by atoms with Crippen LogP contribution in [0.3, 0.4) is 0 Å². The fourth-order valence-corrected chi connectivity index (χ4v) is 5.46. The van der Waals surface area contributed by atoms with Gasteiger partial charge in [0, 0.05) is 37.3 Å². The van der Waals surface area contributed by atoms with Crippen molar-refractivity contribution in [1.29, 1.82) is 0 Å². The minimum absolute atomic E-state index is 0.0743. The molecule has 8 nitrogen and oxygen atoms in total. The number of pyridine rings is 1. The van der Waals surface area contributed by atoms with Crippen molar-refractivity contribution in [3.8, 4) is 0 Å². The number of benzene rings is 1. The molecule has 1 unspecified atom stereocenters. The minimum atomic E-state index is -1.22. The van der Waals surface area contributed by atoms with Crippen LogP contribution in [-0.4, -0.2) is 43.8 Å². The topological polar surface area (TPSA) is 96.3 Å². The van der Waals surface area contributed by atoms with E-state index in [9.17, 15) is 18.8 Å². The fraction of sp³-hybridized carbons (Fsp3) is 0.407. The summed E-state index contributed by atoms with van der Waals surface area (Å²) in [7, 11) is 0. The van der Waals surface area contributed by atoms with Crippen molar-refractivity contribution >= 4 is 34.3 Å². The van der Waals surface area contributed by atoms with E-state index in [1.165, 1.54) is 19.1 Å². The van der Waals surface area contributed by atoms with Gasteiger partial charge in [-0.1, -0.05) is 25.3 Å². The third kappa shape index (κ3) is 4.23. The molecule has 5 rings (SSSR count). The highest BCUT2D eigenvalue weighted by molar-refractivity contribution is 6.14. The van der Waals surface area contributed by atoms with E-state index in [4.69, 9.17) is 0 Å². The standard InChI is InChI=1S/C27H30FN5O3/c1-17(34)30-23-21-13-19(28)10-11-22(21)32-16-27(2,26(36)31-20-8-4-3-5-9-20)33(25(35)24(23)32)15-18-7-6-12-29-14-18/h6-7,10-14,20H,3-5,8-9,15-16H2,1-2H3,(H,30,34)(H,31,36). The summed E-state index contributed by atoms with van der Waals surface area (Å²) in [6.07, 6.45) is 8.45. The van der Waals surface area contributed by atoms with Crippen molar-refractivity contribution in [2.75, 3.05) is 5.32 Å². The molecule has 36 heavy (non-hydrogen) atoms. The number of nitrogens with zero attached hydrogens (tertiary/aromatic N) is 3. The van der Waals surface area contributed by atoms with E-state index in [0.717, 1.165) is 37.7 Å². The lowest BCUT2D eigenvalue weighted by atomic mass is 9.91. The molecule has 188 valence electrons. The fourth-order valence-electron chi connectivity index (χ4n) is 5.46. The van der Waals surface area contributed by atoms with Gasteiger partial charge in [0.2, 0.25) is 11.8 Å². The maximum absolute atomic E-state index is 14.2. The summed E-state index contributed by atoms with van der Waals surface area (Å²) in [5.74, 6) is -1.48. The number of rotatable bonds is 5. The molecule has 0 bridgehead atoms. The van der Waals surface area contributed by atoms with Crippen LogP contribution in [0.1, 0.15) is 62.0 Å². The van der Waals surface area contributed by atoms with Gasteiger partial charge in [-0.15, -0.1) is 0 Å². The normalized spacial score (nSPS) is 20.3. The Morgan fingerprint density at radius 3 is 2.67 bits per heavy atom. The first-order valence-corrected chi connectivity index (χ1v) is 12.4. The lowest BCUT2D eigenvalue weighted by molar-refractivity contribution is -0.134. The van der Waals surface area contributed by atoms with Gasteiger partial charge >= 0.3 is 0 Å². The maximum atomic E-state index is 14.2. The van der Waals surface area contributed by atoms with E-state index in [1.807, 2.05) is 6.07 Å². The molecule has 1 fully saturated rings. The molecule has 1 aliphatic carbocycles. The Kier molecular flexibility index (Phi) is 6.24. The molecule has 0 radical (unpaired) electrons. The third-order valence-corrected chi connectivity index (χ3v) is 7.33. The number of hydrogen-bond donors (Lipinski definition) is 2. The smallest absolute Gasteiger partial charge is 0.273 e. The number of carbonyl (C=O) groups is 3. The van der Waals surface area contributed by atoms with E-state index < -0.39 is 17.3 Å². The Hall–Kier alpha value is -3.75. The molecule has 1 saturated carbocycles. The van der Waals surface area contributed by atoms with Crippen molar-refractivity contribution < 1.29 is 18.8 Å². The summed E-state index contributed by atoms with van der Waals surface area (Å²) < 4.78 is 16.0. The number of amides is 3. The Labute approximate surface area is 208 Å². The molecule has 0 spiro atoms. The number of hydrogen-bond acceptors (Lipinski definition) is 4. The van der Waals surface area contributed by atoms with E-state index in [0.29, 0.717) is 10.9 Å². The summed E-state index contributed by atoms with van der Waals surface area (Å²) in [6, 6.07) is 7.93. The zero-order valence-corrected chi connectivity index (χ0v) is 20.5. The first kappa shape index (κ1) is 24.0. The van der Waals surface area contributed by atoms with Crippen molar-refractivity contribution in [3.63, 3.8) is 0 Å². The zero-order valence-electron chi connectivity index (χ0n) is 20.5. The second-order valence-electron chi connectivity index (χ2n) is 9.99. The largest absolute Gasteiger partial charge is 0.351 e. The quantitative estimate of drug-likeness (QED) is 0.564. The van der Waals surface area contributed by atoms with E-state index >= 15 is 0 Å². The molecular formula is C27H30FN5O3. The molecular weight excluding hydrogens is 461 g/mol. The third-order valence-electron chi connectivity index (χ3n) is 7.33. The van der Waals surface area contributed by atoms with Gasteiger partial charge in [0.15, 0.2) is 0 Å². The number of anilines is 1. The van der Waals surface area contributed by atoms with E-state index in [2.05, 4.69) is 15.6 Å².